The summed E-state index contributed by atoms with van der Waals surface area (Å²) in [5, 5.41) is 27.2. The van der Waals surface area contributed by atoms with Crippen molar-refractivity contribution in [2.75, 3.05) is 17.3 Å². The van der Waals surface area contributed by atoms with Crippen LogP contribution in [0, 0.1) is 11.4 Å². The fraction of sp³-hybridized carbons (Fsp3) is 0.333. The maximum absolute atomic E-state index is 9.98. The molecule has 3 atom stereocenters. The van der Waals surface area contributed by atoms with Gasteiger partial charge >= 0.3 is 0 Å². The van der Waals surface area contributed by atoms with Crippen molar-refractivity contribution in [2.45, 2.75) is 25.0 Å². The number of rotatable bonds is 6. The van der Waals surface area contributed by atoms with E-state index >= 15 is 0 Å². The Balaban J connectivity index is 1.59. The van der Waals surface area contributed by atoms with E-state index in [1.54, 1.807) is 0 Å². The number of aromatic nitrogens is 3. The zero-order valence-corrected chi connectivity index (χ0v) is 14.6. The monoisotopic (exact) mass is 367 g/mol. The number of fused-ring (bicyclic) bond motifs is 1. The van der Waals surface area contributed by atoms with E-state index in [1.165, 1.54) is 6.33 Å². The van der Waals surface area contributed by atoms with E-state index in [0.717, 1.165) is 10.9 Å². The molecule has 0 amide bonds. The quantitative estimate of drug-likeness (QED) is 0.425. The van der Waals surface area contributed by atoms with E-state index in [0.29, 0.717) is 24.5 Å². The number of hydrogen-bond acceptors (Lipinski definition) is 8. The summed E-state index contributed by atoms with van der Waals surface area (Å²) >= 11 is 0. The van der Waals surface area contributed by atoms with Gasteiger partial charge in [0.05, 0.1) is 11.6 Å². The van der Waals surface area contributed by atoms with Crippen LogP contribution in [0.5, 0.6) is 0 Å². The zero-order chi connectivity index (χ0) is 18.8. The van der Waals surface area contributed by atoms with E-state index in [9.17, 15) is 10.2 Å². The van der Waals surface area contributed by atoms with Crippen molar-refractivity contribution in [2.24, 2.45) is 11.0 Å². The minimum atomic E-state index is -0.547. The first-order valence-electron chi connectivity index (χ1n) is 8.80. The predicted octanol–water partition coefficient (Wildman–Crippen LogP) is 2.51. The Bertz CT molecular complexity index is 958. The van der Waals surface area contributed by atoms with Gasteiger partial charge in [0, 0.05) is 30.1 Å². The van der Waals surface area contributed by atoms with E-state index in [1.807, 2.05) is 41.2 Å². The third kappa shape index (κ3) is 3.34. The normalized spacial score (nSPS) is 22.1. The molecule has 1 aromatic carbocycles. The fourth-order valence-corrected chi connectivity index (χ4v) is 3.58. The highest BCUT2D eigenvalue weighted by molar-refractivity contribution is 5.81. The van der Waals surface area contributed by atoms with Gasteiger partial charge in [0.25, 0.3) is 0 Å². The number of hydrogen-bond donors (Lipinski definition) is 5. The van der Waals surface area contributed by atoms with Crippen LogP contribution in [0.15, 0.2) is 48.0 Å². The first-order chi connectivity index (χ1) is 13.2. The fourth-order valence-electron chi connectivity index (χ4n) is 3.58. The molecule has 0 bridgehead atoms. The van der Waals surface area contributed by atoms with Crippen molar-refractivity contribution in [3.63, 3.8) is 0 Å². The minimum Gasteiger partial charge on any atom is -0.396 e. The summed E-state index contributed by atoms with van der Waals surface area (Å²) in [6.07, 6.45) is 3.88. The molecule has 4 rings (SSSR count). The molecule has 2 aromatic heterocycles. The van der Waals surface area contributed by atoms with Crippen LogP contribution >= 0.6 is 0 Å². The number of nitrogens with zero attached hydrogens (tertiary/aromatic N) is 4. The van der Waals surface area contributed by atoms with Crippen LogP contribution in [0.3, 0.4) is 0 Å². The second kappa shape index (κ2) is 7.29. The SMILES string of the molecule is N=Nc1c(NC2CC(O)C(CO)C2)ncnc1Nn1ccc2ccccc21. The number of nitrogens with one attached hydrogen (secondary N) is 3. The molecule has 3 aromatic rings. The Morgan fingerprint density at radius 3 is 2.78 bits per heavy atom. The molecule has 3 unspecified atom stereocenters. The Morgan fingerprint density at radius 2 is 2.00 bits per heavy atom. The molecule has 9 nitrogen and oxygen atoms in total. The third-order valence-corrected chi connectivity index (χ3v) is 4.99. The van der Waals surface area contributed by atoms with Crippen molar-refractivity contribution in [1.82, 2.24) is 14.6 Å². The van der Waals surface area contributed by atoms with Crippen LogP contribution in [0.1, 0.15) is 12.8 Å². The Hall–Kier alpha value is -3.04. The van der Waals surface area contributed by atoms with Crippen LogP contribution in [-0.4, -0.2) is 43.6 Å². The van der Waals surface area contributed by atoms with Gasteiger partial charge in [-0.15, -0.1) is 0 Å². The predicted molar refractivity (Wildman–Crippen MR) is 101 cm³/mol. The Kier molecular flexibility index (Phi) is 4.69. The average Bonchev–Trinajstić information content (AvgIpc) is 3.25. The van der Waals surface area contributed by atoms with Gasteiger partial charge in [-0.05, 0) is 25.0 Å². The molecular weight excluding hydrogens is 346 g/mol. The smallest absolute Gasteiger partial charge is 0.178 e. The molecule has 0 aliphatic heterocycles. The van der Waals surface area contributed by atoms with E-state index in [4.69, 9.17) is 5.53 Å². The number of para-hydroxylation sites is 1. The van der Waals surface area contributed by atoms with Crippen LogP contribution in [-0.2, 0) is 0 Å². The third-order valence-electron chi connectivity index (χ3n) is 4.99. The number of aliphatic hydroxyl groups excluding tert-OH is 2. The second-order valence-electron chi connectivity index (χ2n) is 6.71. The summed E-state index contributed by atoms with van der Waals surface area (Å²) < 4.78 is 1.82. The Labute approximate surface area is 155 Å². The molecule has 140 valence electrons. The highest BCUT2D eigenvalue weighted by Gasteiger charge is 2.33. The lowest BCUT2D eigenvalue weighted by Gasteiger charge is -2.16. The lowest BCUT2D eigenvalue weighted by atomic mass is 10.1. The minimum absolute atomic E-state index is 0.0483. The molecule has 1 aliphatic rings. The van der Waals surface area contributed by atoms with E-state index in [2.05, 4.69) is 25.8 Å². The molecule has 2 heterocycles. The number of benzene rings is 1. The second-order valence-corrected chi connectivity index (χ2v) is 6.71. The van der Waals surface area contributed by atoms with E-state index in [-0.39, 0.29) is 24.3 Å². The molecule has 1 aliphatic carbocycles. The molecular formula is C18H21N7O2. The lowest BCUT2D eigenvalue weighted by Crippen LogP contribution is -2.18. The highest BCUT2D eigenvalue weighted by atomic mass is 16.3. The molecule has 0 saturated heterocycles. The molecule has 0 spiro atoms. The largest absolute Gasteiger partial charge is 0.396 e. The maximum atomic E-state index is 9.98. The summed E-state index contributed by atoms with van der Waals surface area (Å²) in [5.41, 5.74) is 12.0. The Morgan fingerprint density at radius 1 is 1.19 bits per heavy atom. The molecule has 0 radical (unpaired) electrons. The van der Waals surface area contributed by atoms with E-state index < -0.39 is 6.10 Å². The van der Waals surface area contributed by atoms with Gasteiger partial charge in [0.15, 0.2) is 17.3 Å². The molecule has 27 heavy (non-hydrogen) atoms. The van der Waals surface area contributed by atoms with Crippen molar-refractivity contribution >= 4 is 28.2 Å². The first-order valence-corrected chi connectivity index (χ1v) is 8.80. The van der Waals surface area contributed by atoms with Gasteiger partial charge in [0.1, 0.15) is 6.33 Å². The van der Waals surface area contributed by atoms with Gasteiger partial charge < -0.3 is 15.5 Å². The highest BCUT2D eigenvalue weighted by Crippen LogP contribution is 2.34. The molecule has 5 N–H and O–H groups in total. The van der Waals surface area contributed by atoms with Crippen molar-refractivity contribution < 1.29 is 10.2 Å². The summed E-state index contributed by atoms with van der Waals surface area (Å²) in [6.45, 7) is -0.0493. The summed E-state index contributed by atoms with van der Waals surface area (Å²) in [7, 11) is 0. The number of anilines is 2. The molecule has 1 saturated carbocycles. The van der Waals surface area contributed by atoms with Crippen molar-refractivity contribution in [1.29, 1.82) is 5.53 Å². The number of aliphatic hydroxyl groups is 2. The first kappa shape index (κ1) is 17.4. The van der Waals surface area contributed by atoms with Gasteiger partial charge in [-0.25, -0.2) is 15.5 Å². The van der Waals surface area contributed by atoms with Crippen LogP contribution < -0.4 is 10.7 Å². The molecule has 9 heteroatoms. The summed E-state index contributed by atoms with van der Waals surface area (Å²) in [5.74, 6) is 0.681. The van der Waals surface area contributed by atoms with Crippen LogP contribution in [0.2, 0.25) is 0 Å². The lowest BCUT2D eigenvalue weighted by molar-refractivity contribution is 0.0908. The van der Waals surface area contributed by atoms with Gasteiger partial charge in [-0.3, -0.25) is 10.1 Å². The van der Waals surface area contributed by atoms with Crippen LogP contribution in [0.25, 0.3) is 10.9 Å². The standard InChI is InChI=1S/C18H21N7O2/c19-23-16-17(22-13-7-12(9-26)15(27)8-13)20-10-21-18(16)24-25-6-5-11-3-1-2-4-14(11)25/h1-6,10,12-13,15,19,26-27H,7-9H2,(H2,20,21,22,24). The average molecular weight is 367 g/mol. The van der Waals surface area contributed by atoms with Crippen molar-refractivity contribution in [3.8, 4) is 0 Å². The summed E-state index contributed by atoms with van der Waals surface area (Å²) in [6, 6.07) is 9.85. The zero-order valence-electron chi connectivity index (χ0n) is 14.6. The topological polar surface area (TPSA) is 131 Å². The van der Waals surface area contributed by atoms with Gasteiger partial charge in [-0.1, -0.05) is 18.2 Å². The van der Waals surface area contributed by atoms with Gasteiger partial charge in [0.2, 0.25) is 0 Å². The van der Waals surface area contributed by atoms with Crippen LogP contribution in [0.4, 0.5) is 17.3 Å². The van der Waals surface area contributed by atoms with Gasteiger partial charge in [-0.2, -0.15) is 5.11 Å². The maximum Gasteiger partial charge on any atom is 0.178 e. The summed E-state index contributed by atoms with van der Waals surface area (Å²) in [4.78, 5) is 8.44. The molecule has 1 fully saturated rings. The van der Waals surface area contributed by atoms with Crippen molar-refractivity contribution in [3.05, 3.63) is 42.9 Å².